The Morgan fingerprint density at radius 1 is 0.852 bits per heavy atom. The molecule has 2 aromatic rings. The first-order chi connectivity index (χ1) is 13.1. The summed E-state index contributed by atoms with van der Waals surface area (Å²) in [6.07, 6.45) is 0.966. The van der Waals surface area contributed by atoms with E-state index in [2.05, 4.69) is 30.6 Å². The number of rotatable bonds is 6. The van der Waals surface area contributed by atoms with E-state index < -0.39 is 5.41 Å². The number of fused-ring (bicyclic) bond motifs is 1. The van der Waals surface area contributed by atoms with Gasteiger partial charge >= 0.3 is 0 Å². The molecular weight excluding hydrogens is 334 g/mol. The number of nitrogens with zero attached hydrogens (tertiary/aromatic N) is 1. The predicted molar refractivity (Wildman–Crippen MR) is 108 cm³/mol. The average Bonchev–Trinajstić information content (AvgIpc) is 2.91. The molecule has 0 radical (unpaired) electrons. The highest BCUT2D eigenvalue weighted by Crippen LogP contribution is 2.39. The van der Waals surface area contributed by atoms with Crippen LogP contribution in [0, 0.1) is 17.3 Å². The largest absolute Gasteiger partial charge is 0.303 e. The van der Waals surface area contributed by atoms with Crippen molar-refractivity contribution in [3.8, 4) is 11.8 Å². The van der Waals surface area contributed by atoms with E-state index in [-0.39, 0.29) is 11.6 Å². The van der Waals surface area contributed by atoms with Crippen LogP contribution in [0.15, 0.2) is 54.6 Å². The minimum atomic E-state index is -1.30. The molecule has 2 aromatic carbocycles. The fourth-order valence-electron chi connectivity index (χ4n) is 3.63. The number of carbonyl (C=O) groups excluding carboxylic acids is 2. The summed E-state index contributed by atoms with van der Waals surface area (Å²) in [5.41, 5.74) is 0.645. The first-order valence-corrected chi connectivity index (χ1v) is 9.57. The topological polar surface area (TPSA) is 37.4 Å². The quantitative estimate of drug-likeness (QED) is 0.577. The lowest BCUT2D eigenvalue weighted by molar-refractivity contribution is 0.0770. The number of ketones is 2. The maximum absolute atomic E-state index is 13.2. The first-order valence-electron chi connectivity index (χ1n) is 9.57. The average molecular weight is 359 g/mol. The molecule has 138 valence electrons. The number of benzene rings is 2. The molecule has 27 heavy (non-hydrogen) atoms. The summed E-state index contributed by atoms with van der Waals surface area (Å²) in [6, 6.07) is 16.7. The van der Waals surface area contributed by atoms with Crippen molar-refractivity contribution >= 4 is 11.6 Å². The van der Waals surface area contributed by atoms with Crippen molar-refractivity contribution in [3.63, 3.8) is 0 Å². The highest BCUT2D eigenvalue weighted by atomic mass is 16.2. The highest BCUT2D eigenvalue weighted by molar-refractivity contribution is 6.31. The summed E-state index contributed by atoms with van der Waals surface area (Å²) in [6.45, 7) is 7.02. The molecule has 0 atom stereocenters. The SMILES string of the molecule is CCN(CC)CCC#CC1(Cc2ccccc2)C(=O)c2ccccc2C1=O. The van der Waals surface area contributed by atoms with Crippen molar-refractivity contribution in [1.29, 1.82) is 0 Å². The van der Waals surface area contributed by atoms with Gasteiger partial charge in [0.2, 0.25) is 0 Å². The monoisotopic (exact) mass is 359 g/mol. The van der Waals surface area contributed by atoms with Crippen LogP contribution in [0.2, 0.25) is 0 Å². The molecule has 3 heteroatoms. The van der Waals surface area contributed by atoms with E-state index in [9.17, 15) is 9.59 Å². The summed E-state index contributed by atoms with van der Waals surface area (Å²) in [5, 5.41) is 0. The van der Waals surface area contributed by atoms with E-state index in [4.69, 9.17) is 0 Å². The van der Waals surface area contributed by atoms with Crippen molar-refractivity contribution in [3.05, 3.63) is 71.3 Å². The Balaban J connectivity index is 1.94. The molecular formula is C24H25NO2. The second-order valence-electron chi connectivity index (χ2n) is 6.85. The highest BCUT2D eigenvalue weighted by Gasteiger charge is 2.51. The molecule has 0 aliphatic heterocycles. The Morgan fingerprint density at radius 3 is 1.96 bits per heavy atom. The Labute approximate surface area is 161 Å². The maximum Gasteiger partial charge on any atom is 0.189 e. The molecule has 0 amide bonds. The number of Topliss-reactive ketones (excluding diaryl/α,β-unsaturated/α-hetero) is 2. The zero-order valence-corrected chi connectivity index (χ0v) is 16.0. The van der Waals surface area contributed by atoms with Crippen LogP contribution in [0.25, 0.3) is 0 Å². The van der Waals surface area contributed by atoms with Crippen LogP contribution >= 0.6 is 0 Å². The molecule has 0 fully saturated rings. The summed E-state index contributed by atoms with van der Waals surface area (Å²) in [7, 11) is 0. The van der Waals surface area contributed by atoms with Crippen molar-refractivity contribution in [2.24, 2.45) is 5.41 Å². The minimum absolute atomic E-state index is 0.165. The van der Waals surface area contributed by atoms with Crippen LogP contribution < -0.4 is 0 Å². The first kappa shape index (κ1) is 19.1. The molecule has 1 aliphatic carbocycles. The van der Waals surface area contributed by atoms with E-state index in [1.165, 1.54) is 0 Å². The second-order valence-corrected chi connectivity index (χ2v) is 6.85. The zero-order chi connectivity index (χ0) is 19.3. The lowest BCUT2D eigenvalue weighted by Crippen LogP contribution is -2.34. The fourth-order valence-corrected chi connectivity index (χ4v) is 3.63. The van der Waals surface area contributed by atoms with E-state index in [1.807, 2.05) is 30.3 Å². The van der Waals surface area contributed by atoms with E-state index >= 15 is 0 Å². The third-order valence-electron chi connectivity index (χ3n) is 5.25. The molecule has 0 heterocycles. The lowest BCUT2D eigenvalue weighted by Gasteiger charge is -2.20. The van der Waals surface area contributed by atoms with Crippen LogP contribution in [-0.2, 0) is 6.42 Å². The molecule has 0 spiro atoms. The number of carbonyl (C=O) groups is 2. The van der Waals surface area contributed by atoms with Gasteiger partial charge in [0.15, 0.2) is 17.0 Å². The van der Waals surface area contributed by atoms with Gasteiger partial charge in [-0.3, -0.25) is 9.59 Å². The molecule has 0 unspecified atom stereocenters. The van der Waals surface area contributed by atoms with Crippen molar-refractivity contribution in [1.82, 2.24) is 4.90 Å². The van der Waals surface area contributed by atoms with E-state index in [0.29, 0.717) is 24.0 Å². The molecule has 3 rings (SSSR count). The standard InChI is InChI=1S/C24H25NO2/c1-3-25(4-2)17-11-10-16-24(18-19-12-6-5-7-13-19)22(26)20-14-8-9-15-21(20)23(24)27/h5-9,12-15H,3-4,11,17-18H2,1-2H3. The van der Waals surface area contributed by atoms with Crippen LogP contribution in [0.4, 0.5) is 0 Å². The molecule has 0 saturated heterocycles. The van der Waals surface area contributed by atoms with Crippen LogP contribution in [0.5, 0.6) is 0 Å². The molecule has 0 aromatic heterocycles. The van der Waals surface area contributed by atoms with Gasteiger partial charge in [0.25, 0.3) is 0 Å². The molecule has 0 N–H and O–H groups in total. The number of hydrogen-bond donors (Lipinski definition) is 0. The van der Waals surface area contributed by atoms with E-state index in [1.54, 1.807) is 24.3 Å². The summed E-state index contributed by atoms with van der Waals surface area (Å²) >= 11 is 0. The van der Waals surface area contributed by atoms with Gasteiger partial charge in [-0.2, -0.15) is 0 Å². The van der Waals surface area contributed by atoms with Gasteiger partial charge in [-0.15, -0.1) is 5.92 Å². The van der Waals surface area contributed by atoms with Gasteiger partial charge < -0.3 is 4.90 Å². The Hall–Kier alpha value is -2.70. The predicted octanol–water partition coefficient (Wildman–Crippen LogP) is 4.03. The lowest BCUT2D eigenvalue weighted by atomic mass is 9.77. The zero-order valence-electron chi connectivity index (χ0n) is 16.0. The second kappa shape index (κ2) is 8.33. The Kier molecular flexibility index (Phi) is 5.88. The minimum Gasteiger partial charge on any atom is -0.303 e. The summed E-state index contributed by atoms with van der Waals surface area (Å²) in [4.78, 5) is 28.8. The van der Waals surface area contributed by atoms with Gasteiger partial charge in [-0.25, -0.2) is 0 Å². The van der Waals surface area contributed by atoms with Crippen molar-refractivity contribution in [2.75, 3.05) is 19.6 Å². The third-order valence-corrected chi connectivity index (χ3v) is 5.25. The smallest absolute Gasteiger partial charge is 0.189 e. The van der Waals surface area contributed by atoms with E-state index in [0.717, 1.165) is 25.2 Å². The number of hydrogen-bond acceptors (Lipinski definition) is 3. The maximum atomic E-state index is 13.2. The fraction of sp³-hybridized carbons (Fsp3) is 0.333. The van der Waals surface area contributed by atoms with Gasteiger partial charge in [0.1, 0.15) is 0 Å². The van der Waals surface area contributed by atoms with Gasteiger partial charge in [-0.1, -0.05) is 74.4 Å². The van der Waals surface area contributed by atoms with Gasteiger partial charge in [-0.05, 0) is 18.7 Å². The molecule has 0 saturated carbocycles. The van der Waals surface area contributed by atoms with Crippen LogP contribution in [0.1, 0.15) is 46.5 Å². The van der Waals surface area contributed by atoms with Gasteiger partial charge in [0.05, 0.1) is 0 Å². The molecule has 0 bridgehead atoms. The molecule has 3 nitrogen and oxygen atoms in total. The summed E-state index contributed by atoms with van der Waals surface area (Å²) < 4.78 is 0. The van der Waals surface area contributed by atoms with Crippen LogP contribution in [-0.4, -0.2) is 36.1 Å². The van der Waals surface area contributed by atoms with Crippen molar-refractivity contribution in [2.45, 2.75) is 26.7 Å². The Bertz CT molecular complexity index is 850. The van der Waals surface area contributed by atoms with Gasteiger partial charge in [0, 0.05) is 30.5 Å². The Morgan fingerprint density at radius 2 is 1.41 bits per heavy atom. The normalized spacial score (nSPS) is 14.8. The molecule has 1 aliphatic rings. The third kappa shape index (κ3) is 3.72. The van der Waals surface area contributed by atoms with Crippen LogP contribution in [0.3, 0.4) is 0 Å². The van der Waals surface area contributed by atoms with Crippen molar-refractivity contribution < 1.29 is 9.59 Å². The summed E-state index contributed by atoms with van der Waals surface area (Å²) in [5.74, 6) is 5.94.